The van der Waals surface area contributed by atoms with Crippen molar-refractivity contribution < 1.29 is 19.1 Å². The Labute approximate surface area is 136 Å². The van der Waals surface area contributed by atoms with Crippen LogP contribution in [0.4, 0.5) is 5.69 Å². The highest BCUT2D eigenvalue weighted by Crippen LogP contribution is 2.11. The average molecular weight is 320 g/mol. The summed E-state index contributed by atoms with van der Waals surface area (Å²) in [6.45, 7) is 8.54. The van der Waals surface area contributed by atoms with Gasteiger partial charge in [0.1, 0.15) is 0 Å². The quantitative estimate of drug-likeness (QED) is 0.813. The summed E-state index contributed by atoms with van der Waals surface area (Å²) >= 11 is 0. The number of anilines is 1. The first kappa shape index (κ1) is 18.7. The molecule has 0 aliphatic heterocycles. The Morgan fingerprint density at radius 1 is 1.13 bits per heavy atom. The highest BCUT2D eigenvalue weighted by molar-refractivity contribution is 5.88. The molecular formula is C17H24N2O4. The molecule has 0 fully saturated rings. The van der Waals surface area contributed by atoms with Gasteiger partial charge in [0.2, 0.25) is 5.91 Å². The normalized spacial score (nSPS) is 12.2. The molecule has 0 saturated heterocycles. The summed E-state index contributed by atoms with van der Waals surface area (Å²) in [7, 11) is 0. The number of carbonyl (C=O) groups is 3. The van der Waals surface area contributed by atoms with Crippen LogP contribution in [0.1, 0.15) is 40.2 Å². The molecule has 0 aromatic heterocycles. The fraction of sp³-hybridized carbons (Fsp3) is 0.471. The summed E-state index contributed by atoms with van der Waals surface area (Å²) in [6.07, 6.45) is -0.784. The molecule has 1 atom stereocenters. The van der Waals surface area contributed by atoms with Crippen LogP contribution in [0.3, 0.4) is 0 Å². The molecule has 2 amide bonds. The maximum atomic E-state index is 11.9. The van der Waals surface area contributed by atoms with Gasteiger partial charge in [-0.15, -0.1) is 0 Å². The second kappa shape index (κ2) is 7.76. The highest BCUT2D eigenvalue weighted by atomic mass is 16.5. The Bertz CT molecular complexity index is 573. The Morgan fingerprint density at radius 2 is 1.70 bits per heavy atom. The third-order valence-electron chi connectivity index (χ3n) is 2.80. The van der Waals surface area contributed by atoms with Crippen LogP contribution in [-0.4, -0.2) is 29.4 Å². The Kier molecular flexibility index (Phi) is 6.30. The zero-order valence-corrected chi connectivity index (χ0v) is 14.2. The molecular weight excluding hydrogens is 296 g/mol. The smallest absolute Gasteiger partial charge is 0.311 e. The Morgan fingerprint density at radius 3 is 2.17 bits per heavy atom. The molecule has 0 bridgehead atoms. The predicted octanol–water partition coefficient (Wildman–Crippen LogP) is 2.03. The number of ether oxygens (including phenoxy) is 1. The molecule has 1 aromatic carbocycles. The molecule has 0 saturated carbocycles. The SMILES string of the molecule is CC(=O)Nc1ccc(CC(=O)O[C@H](C)C(=O)NC(C)(C)C)cc1. The monoisotopic (exact) mass is 320 g/mol. The van der Waals surface area contributed by atoms with Crippen LogP contribution in [0, 0.1) is 0 Å². The third kappa shape index (κ3) is 7.44. The topological polar surface area (TPSA) is 84.5 Å². The molecule has 1 rings (SSSR count). The number of hydrogen-bond acceptors (Lipinski definition) is 4. The summed E-state index contributed by atoms with van der Waals surface area (Å²) in [5, 5.41) is 5.40. The lowest BCUT2D eigenvalue weighted by Crippen LogP contribution is -2.46. The summed E-state index contributed by atoms with van der Waals surface area (Å²) in [5.41, 5.74) is 1.03. The zero-order valence-electron chi connectivity index (χ0n) is 14.2. The van der Waals surface area contributed by atoms with Gasteiger partial charge < -0.3 is 15.4 Å². The van der Waals surface area contributed by atoms with Crippen molar-refractivity contribution in [3.05, 3.63) is 29.8 Å². The summed E-state index contributed by atoms with van der Waals surface area (Å²) in [4.78, 5) is 34.7. The van der Waals surface area contributed by atoms with Crippen molar-refractivity contribution in [3.8, 4) is 0 Å². The minimum absolute atomic E-state index is 0.0630. The van der Waals surface area contributed by atoms with E-state index in [2.05, 4.69) is 10.6 Å². The van der Waals surface area contributed by atoms with E-state index < -0.39 is 12.1 Å². The van der Waals surface area contributed by atoms with E-state index in [0.717, 1.165) is 5.56 Å². The third-order valence-corrected chi connectivity index (χ3v) is 2.80. The maximum absolute atomic E-state index is 11.9. The fourth-order valence-corrected chi connectivity index (χ4v) is 1.84. The van der Waals surface area contributed by atoms with Crippen molar-refractivity contribution in [1.82, 2.24) is 5.32 Å². The first-order valence-corrected chi connectivity index (χ1v) is 7.45. The van der Waals surface area contributed by atoms with E-state index in [4.69, 9.17) is 4.74 Å². The van der Waals surface area contributed by atoms with Gasteiger partial charge in [0.05, 0.1) is 6.42 Å². The summed E-state index contributed by atoms with van der Waals surface area (Å²) in [6, 6.07) is 6.87. The van der Waals surface area contributed by atoms with Crippen LogP contribution in [0.5, 0.6) is 0 Å². The first-order valence-electron chi connectivity index (χ1n) is 7.45. The van der Waals surface area contributed by atoms with Crippen LogP contribution in [-0.2, 0) is 25.5 Å². The number of amides is 2. The molecule has 0 aliphatic carbocycles. The lowest BCUT2D eigenvalue weighted by atomic mass is 10.1. The molecule has 0 radical (unpaired) electrons. The van der Waals surface area contributed by atoms with E-state index in [0.29, 0.717) is 5.69 Å². The van der Waals surface area contributed by atoms with Gasteiger partial charge in [0, 0.05) is 18.2 Å². The van der Waals surface area contributed by atoms with Gasteiger partial charge in [-0.2, -0.15) is 0 Å². The number of carbonyl (C=O) groups excluding carboxylic acids is 3. The average Bonchev–Trinajstić information content (AvgIpc) is 2.38. The van der Waals surface area contributed by atoms with Crippen LogP contribution >= 0.6 is 0 Å². The van der Waals surface area contributed by atoms with E-state index >= 15 is 0 Å². The molecule has 0 spiro atoms. The summed E-state index contributed by atoms with van der Waals surface area (Å²) in [5.74, 6) is -0.962. The van der Waals surface area contributed by atoms with Crippen molar-refractivity contribution in [3.63, 3.8) is 0 Å². The standard InChI is InChI=1S/C17H24N2O4/c1-11(16(22)19-17(3,4)5)23-15(21)10-13-6-8-14(9-7-13)18-12(2)20/h6-9,11H,10H2,1-5H3,(H,18,20)(H,19,22)/t11-/m1/s1. The van der Waals surface area contributed by atoms with E-state index in [1.165, 1.54) is 6.92 Å². The van der Waals surface area contributed by atoms with Gasteiger partial charge in [0.25, 0.3) is 5.91 Å². The number of nitrogens with one attached hydrogen (secondary N) is 2. The Hall–Kier alpha value is -2.37. The summed E-state index contributed by atoms with van der Waals surface area (Å²) < 4.78 is 5.14. The van der Waals surface area contributed by atoms with E-state index in [9.17, 15) is 14.4 Å². The molecule has 0 unspecified atom stereocenters. The van der Waals surface area contributed by atoms with E-state index in [1.807, 2.05) is 20.8 Å². The van der Waals surface area contributed by atoms with Gasteiger partial charge in [0.15, 0.2) is 6.10 Å². The lowest BCUT2D eigenvalue weighted by molar-refractivity contribution is -0.154. The number of hydrogen-bond donors (Lipinski definition) is 2. The molecule has 126 valence electrons. The highest BCUT2D eigenvalue weighted by Gasteiger charge is 2.22. The second-order valence-electron chi connectivity index (χ2n) is 6.43. The van der Waals surface area contributed by atoms with Gasteiger partial charge in [-0.05, 0) is 45.4 Å². The largest absolute Gasteiger partial charge is 0.452 e. The minimum Gasteiger partial charge on any atom is -0.452 e. The molecule has 0 aliphatic rings. The number of rotatable bonds is 5. The van der Waals surface area contributed by atoms with Gasteiger partial charge in [-0.3, -0.25) is 14.4 Å². The van der Waals surface area contributed by atoms with Crippen molar-refractivity contribution in [2.45, 2.75) is 52.7 Å². The van der Waals surface area contributed by atoms with Crippen LogP contribution in [0.2, 0.25) is 0 Å². The Balaban J connectivity index is 2.53. The lowest BCUT2D eigenvalue weighted by Gasteiger charge is -2.23. The van der Waals surface area contributed by atoms with Crippen molar-refractivity contribution in [2.24, 2.45) is 0 Å². The van der Waals surface area contributed by atoms with Crippen LogP contribution in [0.15, 0.2) is 24.3 Å². The van der Waals surface area contributed by atoms with E-state index in [-0.39, 0.29) is 23.8 Å². The van der Waals surface area contributed by atoms with Crippen molar-refractivity contribution >= 4 is 23.5 Å². The van der Waals surface area contributed by atoms with Gasteiger partial charge in [-0.1, -0.05) is 12.1 Å². The molecule has 1 aromatic rings. The zero-order chi connectivity index (χ0) is 17.6. The molecule has 6 nitrogen and oxygen atoms in total. The van der Waals surface area contributed by atoms with E-state index in [1.54, 1.807) is 31.2 Å². The van der Waals surface area contributed by atoms with Gasteiger partial charge in [-0.25, -0.2) is 0 Å². The molecule has 0 heterocycles. The molecule has 6 heteroatoms. The van der Waals surface area contributed by atoms with Crippen molar-refractivity contribution in [2.75, 3.05) is 5.32 Å². The van der Waals surface area contributed by atoms with Crippen LogP contribution < -0.4 is 10.6 Å². The fourth-order valence-electron chi connectivity index (χ4n) is 1.84. The molecule has 2 N–H and O–H groups in total. The number of benzene rings is 1. The minimum atomic E-state index is -0.847. The second-order valence-corrected chi connectivity index (χ2v) is 6.43. The number of esters is 1. The van der Waals surface area contributed by atoms with Gasteiger partial charge >= 0.3 is 5.97 Å². The predicted molar refractivity (Wildman–Crippen MR) is 87.9 cm³/mol. The first-order chi connectivity index (χ1) is 10.6. The van der Waals surface area contributed by atoms with Crippen molar-refractivity contribution in [1.29, 1.82) is 0 Å². The molecule has 23 heavy (non-hydrogen) atoms. The van der Waals surface area contributed by atoms with Crippen LogP contribution in [0.25, 0.3) is 0 Å². The maximum Gasteiger partial charge on any atom is 0.311 e.